The Hall–Kier alpha value is -2.22. The van der Waals surface area contributed by atoms with Crippen LogP contribution in [0.5, 0.6) is 0 Å². The van der Waals surface area contributed by atoms with Crippen molar-refractivity contribution in [3.05, 3.63) is 47.2 Å². The highest BCUT2D eigenvalue weighted by atomic mass is 35.5. The van der Waals surface area contributed by atoms with Crippen molar-refractivity contribution < 1.29 is 9.53 Å². The third-order valence-electron chi connectivity index (χ3n) is 3.91. The molecule has 8 heteroatoms. The van der Waals surface area contributed by atoms with Crippen molar-refractivity contribution in [2.45, 2.75) is 0 Å². The van der Waals surface area contributed by atoms with Crippen molar-refractivity contribution in [1.29, 1.82) is 0 Å². The molecule has 1 saturated heterocycles. The highest BCUT2D eigenvalue weighted by Gasteiger charge is 2.16. The molecule has 1 aliphatic rings. The molecule has 2 aromatic heterocycles. The van der Waals surface area contributed by atoms with Crippen LogP contribution in [0, 0.1) is 0 Å². The van der Waals surface area contributed by atoms with Gasteiger partial charge in [-0.2, -0.15) is 0 Å². The van der Waals surface area contributed by atoms with E-state index in [2.05, 4.69) is 20.2 Å². The Morgan fingerprint density at radius 2 is 2.08 bits per heavy atom. The standard InChI is InChI=1S/C17H15ClN4O2S/c18-15-9-11(3-4-19-15)16(23)20-12-1-2-13-14(10-12)25-17(21-13)22-5-7-24-8-6-22/h1-4,9-10H,5-8H2,(H,20,23). The lowest BCUT2D eigenvalue weighted by molar-refractivity contribution is 0.102. The molecule has 0 spiro atoms. The fourth-order valence-electron chi connectivity index (χ4n) is 2.63. The van der Waals surface area contributed by atoms with Gasteiger partial charge in [-0.15, -0.1) is 0 Å². The number of hydrogen-bond acceptors (Lipinski definition) is 6. The van der Waals surface area contributed by atoms with Crippen LogP contribution in [-0.2, 0) is 4.74 Å². The van der Waals surface area contributed by atoms with E-state index in [1.165, 1.54) is 6.20 Å². The highest BCUT2D eigenvalue weighted by molar-refractivity contribution is 7.22. The number of hydrogen-bond donors (Lipinski definition) is 1. The molecule has 0 saturated carbocycles. The summed E-state index contributed by atoms with van der Waals surface area (Å²) in [4.78, 5) is 23.1. The molecule has 1 amide bonds. The normalized spacial score (nSPS) is 14.7. The number of rotatable bonds is 3. The molecule has 1 fully saturated rings. The minimum absolute atomic E-state index is 0.221. The zero-order chi connectivity index (χ0) is 17.2. The van der Waals surface area contributed by atoms with Crippen LogP contribution < -0.4 is 10.2 Å². The van der Waals surface area contributed by atoms with Crippen LogP contribution in [0.25, 0.3) is 10.2 Å². The lowest BCUT2D eigenvalue weighted by Gasteiger charge is -2.25. The second-order valence-electron chi connectivity index (χ2n) is 5.60. The maximum Gasteiger partial charge on any atom is 0.255 e. The van der Waals surface area contributed by atoms with E-state index in [1.807, 2.05) is 18.2 Å². The first-order chi connectivity index (χ1) is 12.2. The van der Waals surface area contributed by atoms with Crippen molar-refractivity contribution in [3.8, 4) is 0 Å². The predicted octanol–water partition coefficient (Wildman–Crippen LogP) is 3.43. The maximum absolute atomic E-state index is 12.3. The van der Waals surface area contributed by atoms with Crippen LogP contribution in [0.3, 0.4) is 0 Å². The van der Waals surface area contributed by atoms with Gasteiger partial charge in [-0.05, 0) is 30.3 Å². The van der Waals surface area contributed by atoms with Gasteiger partial charge < -0.3 is 15.0 Å². The molecule has 0 bridgehead atoms. The number of aromatic nitrogens is 2. The quantitative estimate of drug-likeness (QED) is 0.711. The Balaban J connectivity index is 1.55. The molecule has 1 aliphatic heterocycles. The van der Waals surface area contributed by atoms with Gasteiger partial charge in [0, 0.05) is 30.5 Å². The summed E-state index contributed by atoms with van der Waals surface area (Å²) >= 11 is 7.46. The summed E-state index contributed by atoms with van der Waals surface area (Å²) in [6.45, 7) is 3.16. The number of carbonyl (C=O) groups excluding carboxylic acids is 1. The number of fused-ring (bicyclic) bond motifs is 1. The Kier molecular flexibility index (Phi) is 4.52. The smallest absolute Gasteiger partial charge is 0.255 e. The first-order valence-corrected chi connectivity index (χ1v) is 9.05. The fraction of sp³-hybridized carbons (Fsp3) is 0.235. The zero-order valence-electron chi connectivity index (χ0n) is 13.2. The van der Waals surface area contributed by atoms with E-state index >= 15 is 0 Å². The molecule has 0 atom stereocenters. The Labute approximate surface area is 153 Å². The maximum atomic E-state index is 12.3. The summed E-state index contributed by atoms with van der Waals surface area (Å²) in [5.41, 5.74) is 2.12. The van der Waals surface area contributed by atoms with Gasteiger partial charge in [0.15, 0.2) is 5.13 Å². The molecular formula is C17H15ClN4O2S. The van der Waals surface area contributed by atoms with Crippen molar-refractivity contribution >= 4 is 49.9 Å². The fourth-order valence-corrected chi connectivity index (χ4v) is 3.86. The summed E-state index contributed by atoms with van der Waals surface area (Å²) in [5, 5.41) is 4.17. The number of thiazole rings is 1. The summed E-state index contributed by atoms with van der Waals surface area (Å²) in [7, 11) is 0. The van der Waals surface area contributed by atoms with Gasteiger partial charge >= 0.3 is 0 Å². The molecule has 4 rings (SSSR count). The lowest BCUT2D eigenvalue weighted by atomic mass is 10.2. The van der Waals surface area contributed by atoms with Gasteiger partial charge in [0.05, 0.1) is 23.4 Å². The zero-order valence-corrected chi connectivity index (χ0v) is 14.8. The van der Waals surface area contributed by atoms with Gasteiger partial charge in [0.25, 0.3) is 5.91 Å². The van der Waals surface area contributed by atoms with E-state index < -0.39 is 0 Å². The number of halogens is 1. The van der Waals surface area contributed by atoms with E-state index in [4.69, 9.17) is 16.3 Å². The van der Waals surface area contributed by atoms with E-state index in [0.717, 1.165) is 47.3 Å². The molecule has 128 valence electrons. The second-order valence-corrected chi connectivity index (χ2v) is 7.00. The summed E-state index contributed by atoms with van der Waals surface area (Å²) in [6, 6.07) is 8.88. The lowest BCUT2D eigenvalue weighted by Crippen LogP contribution is -2.36. The first kappa shape index (κ1) is 16.3. The Bertz CT molecular complexity index is 924. The minimum atomic E-state index is -0.221. The number of carbonyl (C=O) groups is 1. The van der Waals surface area contributed by atoms with E-state index in [9.17, 15) is 4.79 Å². The van der Waals surface area contributed by atoms with Crippen molar-refractivity contribution in [2.75, 3.05) is 36.5 Å². The van der Waals surface area contributed by atoms with Crippen LogP contribution in [0.4, 0.5) is 10.8 Å². The van der Waals surface area contributed by atoms with Gasteiger partial charge in [-0.1, -0.05) is 22.9 Å². The number of nitrogens with zero attached hydrogens (tertiary/aromatic N) is 3. The number of nitrogens with one attached hydrogen (secondary N) is 1. The molecule has 3 heterocycles. The molecule has 1 N–H and O–H groups in total. The SMILES string of the molecule is O=C(Nc1ccc2nc(N3CCOCC3)sc2c1)c1ccnc(Cl)c1. The molecule has 0 radical (unpaired) electrons. The molecule has 25 heavy (non-hydrogen) atoms. The van der Waals surface area contributed by atoms with Crippen molar-refractivity contribution in [2.24, 2.45) is 0 Å². The van der Waals surface area contributed by atoms with Crippen molar-refractivity contribution in [3.63, 3.8) is 0 Å². The third-order valence-corrected chi connectivity index (χ3v) is 5.19. The topological polar surface area (TPSA) is 67.4 Å². The van der Waals surface area contributed by atoms with Crippen LogP contribution in [0.1, 0.15) is 10.4 Å². The van der Waals surface area contributed by atoms with Gasteiger partial charge in [-0.3, -0.25) is 4.79 Å². The number of anilines is 2. The largest absolute Gasteiger partial charge is 0.378 e. The summed E-state index contributed by atoms with van der Waals surface area (Å²) in [5.74, 6) is -0.221. The average molecular weight is 375 g/mol. The monoisotopic (exact) mass is 374 g/mol. The number of benzene rings is 1. The number of ether oxygens (including phenoxy) is 1. The second kappa shape index (κ2) is 6.95. The molecule has 1 aromatic carbocycles. The molecule has 6 nitrogen and oxygen atoms in total. The minimum Gasteiger partial charge on any atom is -0.378 e. The molecule has 0 aliphatic carbocycles. The first-order valence-electron chi connectivity index (χ1n) is 7.85. The molecule has 3 aromatic rings. The van der Waals surface area contributed by atoms with Crippen molar-refractivity contribution in [1.82, 2.24) is 9.97 Å². The van der Waals surface area contributed by atoms with Gasteiger partial charge in [-0.25, -0.2) is 9.97 Å². The predicted molar refractivity (Wildman–Crippen MR) is 99.9 cm³/mol. The molecular weight excluding hydrogens is 360 g/mol. The van der Waals surface area contributed by atoms with Gasteiger partial charge in [0.1, 0.15) is 5.15 Å². The Morgan fingerprint density at radius 3 is 2.88 bits per heavy atom. The van der Waals surface area contributed by atoms with E-state index in [-0.39, 0.29) is 5.91 Å². The number of pyridine rings is 1. The van der Waals surface area contributed by atoms with E-state index in [1.54, 1.807) is 23.5 Å². The third kappa shape index (κ3) is 3.58. The van der Waals surface area contributed by atoms with Gasteiger partial charge in [0.2, 0.25) is 0 Å². The van der Waals surface area contributed by atoms with Crippen LogP contribution >= 0.6 is 22.9 Å². The Morgan fingerprint density at radius 1 is 1.24 bits per heavy atom. The van der Waals surface area contributed by atoms with Crippen LogP contribution in [0.15, 0.2) is 36.5 Å². The summed E-state index contributed by atoms with van der Waals surface area (Å²) < 4.78 is 6.42. The van der Waals surface area contributed by atoms with Crippen LogP contribution in [-0.4, -0.2) is 42.2 Å². The average Bonchev–Trinajstić information content (AvgIpc) is 3.06. The number of amides is 1. The highest BCUT2D eigenvalue weighted by Crippen LogP contribution is 2.31. The number of morpholine rings is 1. The van der Waals surface area contributed by atoms with E-state index in [0.29, 0.717) is 10.7 Å². The van der Waals surface area contributed by atoms with Crippen LogP contribution in [0.2, 0.25) is 5.15 Å². The molecule has 0 unspecified atom stereocenters. The summed E-state index contributed by atoms with van der Waals surface area (Å²) in [6.07, 6.45) is 1.51.